The molecule has 1 amide bonds. The number of nitrogens with one attached hydrogen (secondary N) is 1. The van der Waals surface area contributed by atoms with Crippen LogP contribution in [0.3, 0.4) is 0 Å². The van der Waals surface area contributed by atoms with Gasteiger partial charge in [0.15, 0.2) is 18.1 Å². The summed E-state index contributed by atoms with van der Waals surface area (Å²) in [4.78, 5) is 37.3. The lowest BCUT2D eigenvalue weighted by molar-refractivity contribution is -0.141. The molecule has 2 aromatic heterocycles. The summed E-state index contributed by atoms with van der Waals surface area (Å²) in [5.74, 6) is 0.0725. The molecule has 0 atom stereocenters. The molecule has 0 fully saturated rings. The van der Waals surface area contributed by atoms with Crippen molar-refractivity contribution in [2.45, 2.75) is 20.4 Å². The number of amides is 1. The Morgan fingerprint density at radius 1 is 1.00 bits per heavy atom. The fourth-order valence-electron chi connectivity index (χ4n) is 3.63. The molecule has 0 unspecified atom stereocenters. The van der Waals surface area contributed by atoms with Gasteiger partial charge in [0.2, 0.25) is 11.5 Å². The monoisotopic (exact) mass is 484 g/mol. The Bertz CT molecular complexity index is 1190. The number of aryl methyl sites for hydroxylation is 1. The summed E-state index contributed by atoms with van der Waals surface area (Å²) in [5.41, 5.74) is 2.29. The Hall–Kier alpha value is -4.21. The second-order valence-electron chi connectivity index (χ2n) is 7.63. The summed E-state index contributed by atoms with van der Waals surface area (Å²) >= 11 is 0. The van der Waals surface area contributed by atoms with Crippen molar-refractivity contribution in [2.75, 3.05) is 34.5 Å². The Kier molecular flexibility index (Phi) is 8.19. The van der Waals surface area contributed by atoms with E-state index in [0.29, 0.717) is 29.4 Å². The van der Waals surface area contributed by atoms with E-state index >= 15 is 0 Å². The van der Waals surface area contributed by atoms with Crippen LogP contribution in [0.1, 0.15) is 37.9 Å². The van der Waals surface area contributed by atoms with E-state index in [0.717, 1.165) is 17.1 Å². The average Bonchev–Trinajstić information content (AvgIpc) is 3.48. The second-order valence-corrected chi connectivity index (χ2v) is 7.63. The summed E-state index contributed by atoms with van der Waals surface area (Å²) in [6.45, 7) is 3.34. The minimum Gasteiger partial charge on any atom is -0.493 e. The molecule has 1 aromatic carbocycles. The first-order valence-electron chi connectivity index (χ1n) is 10.7. The topological polar surface area (TPSA) is 118 Å². The third-order valence-corrected chi connectivity index (χ3v) is 5.45. The predicted octanol–water partition coefficient (Wildman–Crippen LogP) is 2.93. The van der Waals surface area contributed by atoms with Crippen LogP contribution in [0.2, 0.25) is 0 Å². The van der Waals surface area contributed by atoms with E-state index in [9.17, 15) is 14.4 Å². The lowest BCUT2D eigenvalue weighted by Crippen LogP contribution is -2.31. The van der Waals surface area contributed by atoms with Gasteiger partial charge in [0.05, 0.1) is 34.1 Å². The van der Waals surface area contributed by atoms with E-state index in [-0.39, 0.29) is 11.3 Å². The van der Waals surface area contributed by atoms with Crippen LogP contribution in [0.5, 0.6) is 17.2 Å². The average molecular weight is 485 g/mol. The van der Waals surface area contributed by atoms with E-state index in [2.05, 4.69) is 5.32 Å². The summed E-state index contributed by atoms with van der Waals surface area (Å²) in [6.07, 6.45) is 1.59. The normalized spacial score (nSPS) is 10.5. The number of nitrogens with zero attached hydrogens (tertiary/aromatic N) is 1. The summed E-state index contributed by atoms with van der Waals surface area (Å²) in [7, 11) is 4.32. The number of carbonyl (C=O) groups is 3. The molecule has 0 aliphatic rings. The predicted molar refractivity (Wildman–Crippen MR) is 125 cm³/mol. The molecule has 0 saturated heterocycles. The van der Waals surface area contributed by atoms with Gasteiger partial charge in [-0.2, -0.15) is 0 Å². The summed E-state index contributed by atoms with van der Waals surface area (Å²) < 4.78 is 28.1. The Balaban J connectivity index is 1.56. The van der Waals surface area contributed by atoms with Gasteiger partial charge in [-0.3, -0.25) is 14.4 Å². The van der Waals surface area contributed by atoms with Gasteiger partial charge >= 0.3 is 5.97 Å². The fraction of sp³-hybridized carbons (Fsp3) is 0.320. The highest BCUT2D eigenvalue weighted by Crippen LogP contribution is 2.38. The molecular weight excluding hydrogens is 456 g/mol. The number of hydrogen-bond acceptors (Lipinski definition) is 8. The number of benzene rings is 1. The number of carbonyl (C=O) groups excluding carboxylic acids is 3. The van der Waals surface area contributed by atoms with Gasteiger partial charge in [0.1, 0.15) is 12.3 Å². The largest absolute Gasteiger partial charge is 0.493 e. The number of methoxy groups -OCH3 is 3. The van der Waals surface area contributed by atoms with Crippen LogP contribution in [-0.2, 0) is 16.1 Å². The van der Waals surface area contributed by atoms with E-state index in [4.69, 9.17) is 23.4 Å². The Labute approximate surface area is 202 Å². The van der Waals surface area contributed by atoms with Crippen molar-refractivity contribution in [3.63, 3.8) is 0 Å². The maximum Gasteiger partial charge on any atom is 0.325 e. The first-order chi connectivity index (χ1) is 16.8. The number of esters is 1. The molecule has 1 N–H and O–H groups in total. The van der Waals surface area contributed by atoms with Crippen molar-refractivity contribution < 1.29 is 37.7 Å². The van der Waals surface area contributed by atoms with Crippen molar-refractivity contribution in [3.05, 3.63) is 64.9 Å². The van der Waals surface area contributed by atoms with Crippen molar-refractivity contribution in [2.24, 2.45) is 0 Å². The highest BCUT2D eigenvalue weighted by Gasteiger charge is 2.20. The third-order valence-electron chi connectivity index (χ3n) is 5.45. The number of furan rings is 1. The number of hydrogen-bond donors (Lipinski definition) is 1. The van der Waals surface area contributed by atoms with Crippen molar-refractivity contribution in [1.82, 2.24) is 9.88 Å². The first kappa shape index (κ1) is 25.4. The smallest absolute Gasteiger partial charge is 0.325 e. The van der Waals surface area contributed by atoms with Gasteiger partial charge in [-0.1, -0.05) is 0 Å². The quantitative estimate of drug-likeness (QED) is 0.326. The van der Waals surface area contributed by atoms with Crippen LogP contribution in [0, 0.1) is 13.8 Å². The second kappa shape index (κ2) is 11.3. The molecule has 0 spiro atoms. The molecule has 3 rings (SSSR count). The third kappa shape index (κ3) is 5.84. The molecule has 0 bridgehead atoms. The number of Topliss-reactive ketones (excluding diaryl/α,β-unsaturated/α-hetero) is 1. The number of ether oxygens (including phenoxy) is 4. The maximum absolute atomic E-state index is 12.7. The Morgan fingerprint density at radius 2 is 1.69 bits per heavy atom. The van der Waals surface area contributed by atoms with Crippen molar-refractivity contribution >= 4 is 17.7 Å². The summed E-state index contributed by atoms with van der Waals surface area (Å²) in [6, 6.07) is 8.33. The van der Waals surface area contributed by atoms with E-state index < -0.39 is 25.0 Å². The Morgan fingerprint density at radius 3 is 2.26 bits per heavy atom. The van der Waals surface area contributed by atoms with Crippen molar-refractivity contribution in [1.29, 1.82) is 0 Å². The molecule has 10 nitrogen and oxygen atoms in total. The number of ketones is 1. The molecular formula is C25H28N2O8. The van der Waals surface area contributed by atoms with E-state index in [1.165, 1.54) is 33.5 Å². The number of aromatic nitrogens is 1. The molecule has 186 valence electrons. The van der Waals surface area contributed by atoms with Crippen LogP contribution < -0.4 is 19.5 Å². The van der Waals surface area contributed by atoms with Crippen molar-refractivity contribution in [3.8, 4) is 17.2 Å². The zero-order valence-electron chi connectivity index (χ0n) is 20.3. The van der Waals surface area contributed by atoms with E-state index in [1.807, 2.05) is 24.5 Å². The SMILES string of the molecule is COc1cc(C(=O)NCC(=O)OCC(=O)c2cc(C)n(Cc3ccco3)c2C)cc(OC)c1OC. The first-order valence-corrected chi connectivity index (χ1v) is 10.7. The van der Waals surface area contributed by atoms with Gasteiger partial charge < -0.3 is 33.2 Å². The summed E-state index contributed by atoms with van der Waals surface area (Å²) in [5, 5.41) is 2.46. The fourth-order valence-corrected chi connectivity index (χ4v) is 3.63. The van der Waals surface area contributed by atoms with Gasteiger partial charge in [-0.25, -0.2) is 0 Å². The number of rotatable bonds is 11. The zero-order valence-corrected chi connectivity index (χ0v) is 20.3. The molecule has 10 heteroatoms. The zero-order chi connectivity index (χ0) is 25.5. The standard InChI is InChI=1S/C25H28N2O8/c1-15-9-19(16(2)27(15)13-18-7-6-8-34-18)20(28)14-35-23(29)12-26-25(30)17-10-21(31-3)24(33-5)22(11-17)32-4/h6-11H,12-14H2,1-5H3,(H,26,30). The molecule has 0 aliphatic heterocycles. The molecule has 35 heavy (non-hydrogen) atoms. The highest BCUT2D eigenvalue weighted by atomic mass is 16.5. The van der Waals surface area contributed by atoms with Crippen LogP contribution in [0.4, 0.5) is 0 Å². The van der Waals surface area contributed by atoms with Crippen LogP contribution in [0.15, 0.2) is 41.0 Å². The molecule has 0 aliphatic carbocycles. The molecule has 0 saturated carbocycles. The van der Waals surface area contributed by atoms with Gasteiger partial charge in [-0.15, -0.1) is 0 Å². The van der Waals surface area contributed by atoms with Crippen LogP contribution >= 0.6 is 0 Å². The lowest BCUT2D eigenvalue weighted by atomic mass is 10.1. The molecule has 0 radical (unpaired) electrons. The minimum atomic E-state index is -0.747. The van der Waals surface area contributed by atoms with Crippen LogP contribution in [-0.4, -0.2) is 56.7 Å². The molecule has 2 heterocycles. The van der Waals surface area contributed by atoms with Gasteiger partial charge in [0.25, 0.3) is 5.91 Å². The minimum absolute atomic E-state index is 0.201. The van der Waals surface area contributed by atoms with Gasteiger partial charge in [0, 0.05) is 22.5 Å². The lowest BCUT2D eigenvalue weighted by Gasteiger charge is -2.14. The van der Waals surface area contributed by atoms with E-state index in [1.54, 1.807) is 18.4 Å². The molecule has 3 aromatic rings. The highest BCUT2D eigenvalue weighted by molar-refractivity contribution is 6.00. The van der Waals surface area contributed by atoms with Crippen LogP contribution in [0.25, 0.3) is 0 Å². The van der Waals surface area contributed by atoms with Gasteiger partial charge in [-0.05, 0) is 44.2 Å². The maximum atomic E-state index is 12.7.